The van der Waals surface area contributed by atoms with E-state index in [0.717, 1.165) is 18.5 Å². The molecule has 0 saturated carbocycles. The van der Waals surface area contributed by atoms with Gasteiger partial charge in [0.2, 0.25) is 11.8 Å². The Hall–Kier alpha value is -3.22. The molecule has 0 atom stereocenters. The summed E-state index contributed by atoms with van der Waals surface area (Å²) in [6.45, 7) is 1.28. The molecule has 134 valence electrons. The number of carbonyl (C=O) groups excluding carboxylic acids is 2. The molecule has 0 radical (unpaired) electrons. The maximum atomic E-state index is 12.3. The van der Waals surface area contributed by atoms with Crippen LogP contribution in [0.4, 0.5) is 11.4 Å². The summed E-state index contributed by atoms with van der Waals surface area (Å²) in [5.74, 6) is -0.176. The standard InChI is InChI=1S/C19H19N3O4/c23-18(12-15-6-1-2-8-17(15)22(25)26)20-16-7-3-5-14(11-16)13-21-10-4-9-19(21)24/h1-3,5-8,11H,4,9-10,12-13H2,(H,20,23). The molecule has 0 aromatic heterocycles. The van der Waals surface area contributed by atoms with Crippen molar-refractivity contribution in [2.24, 2.45) is 0 Å². The minimum atomic E-state index is -0.490. The van der Waals surface area contributed by atoms with Crippen molar-refractivity contribution in [2.45, 2.75) is 25.8 Å². The third kappa shape index (κ3) is 4.24. The molecule has 0 aliphatic carbocycles. The fraction of sp³-hybridized carbons (Fsp3) is 0.263. The van der Waals surface area contributed by atoms with Crippen molar-refractivity contribution in [1.82, 2.24) is 4.90 Å². The number of nitro benzene ring substituents is 1. The van der Waals surface area contributed by atoms with Gasteiger partial charge in [0.1, 0.15) is 0 Å². The lowest BCUT2D eigenvalue weighted by Crippen LogP contribution is -2.23. The third-order valence-electron chi connectivity index (χ3n) is 4.29. The van der Waals surface area contributed by atoms with E-state index >= 15 is 0 Å². The number of hydrogen-bond donors (Lipinski definition) is 1. The molecule has 1 saturated heterocycles. The minimum Gasteiger partial charge on any atom is -0.338 e. The van der Waals surface area contributed by atoms with Crippen molar-refractivity contribution >= 4 is 23.2 Å². The topological polar surface area (TPSA) is 92.5 Å². The van der Waals surface area contributed by atoms with Gasteiger partial charge in [0.15, 0.2) is 0 Å². The lowest BCUT2D eigenvalue weighted by Gasteiger charge is -2.16. The highest BCUT2D eigenvalue weighted by molar-refractivity contribution is 5.92. The zero-order chi connectivity index (χ0) is 18.5. The van der Waals surface area contributed by atoms with E-state index in [0.29, 0.717) is 24.2 Å². The number of likely N-dealkylation sites (tertiary alicyclic amines) is 1. The molecular formula is C19H19N3O4. The SMILES string of the molecule is O=C(Cc1ccccc1[N+](=O)[O-])Nc1cccc(CN2CCCC2=O)c1. The highest BCUT2D eigenvalue weighted by Gasteiger charge is 2.20. The zero-order valence-electron chi connectivity index (χ0n) is 14.2. The van der Waals surface area contributed by atoms with Gasteiger partial charge in [-0.25, -0.2) is 0 Å². The molecule has 3 rings (SSSR count). The predicted octanol–water partition coefficient (Wildman–Crippen LogP) is 2.90. The van der Waals surface area contributed by atoms with Gasteiger partial charge in [-0.15, -0.1) is 0 Å². The number of para-hydroxylation sites is 1. The van der Waals surface area contributed by atoms with Crippen molar-refractivity contribution in [1.29, 1.82) is 0 Å². The molecule has 7 heteroatoms. The number of nitrogens with zero attached hydrogens (tertiary/aromatic N) is 2. The van der Waals surface area contributed by atoms with Gasteiger partial charge in [-0.1, -0.05) is 30.3 Å². The molecule has 26 heavy (non-hydrogen) atoms. The second-order valence-electron chi connectivity index (χ2n) is 6.23. The molecule has 2 aromatic carbocycles. The van der Waals surface area contributed by atoms with Crippen LogP contribution in [-0.2, 0) is 22.6 Å². The fourth-order valence-electron chi connectivity index (χ4n) is 3.06. The van der Waals surface area contributed by atoms with E-state index in [4.69, 9.17) is 0 Å². The van der Waals surface area contributed by atoms with Crippen molar-refractivity contribution in [3.8, 4) is 0 Å². The smallest absolute Gasteiger partial charge is 0.273 e. The van der Waals surface area contributed by atoms with Crippen LogP contribution in [0.25, 0.3) is 0 Å². The number of benzene rings is 2. The maximum Gasteiger partial charge on any atom is 0.273 e. The van der Waals surface area contributed by atoms with E-state index in [9.17, 15) is 19.7 Å². The van der Waals surface area contributed by atoms with Gasteiger partial charge in [-0.3, -0.25) is 19.7 Å². The number of carbonyl (C=O) groups is 2. The Morgan fingerprint density at radius 3 is 2.73 bits per heavy atom. The normalized spacial score (nSPS) is 13.7. The highest BCUT2D eigenvalue weighted by atomic mass is 16.6. The summed E-state index contributed by atoms with van der Waals surface area (Å²) in [5, 5.41) is 13.8. The average Bonchev–Trinajstić information content (AvgIpc) is 3.00. The third-order valence-corrected chi connectivity index (χ3v) is 4.29. The molecule has 0 unspecified atom stereocenters. The first kappa shape index (κ1) is 17.6. The summed E-state index contributed by atoms with van der Waals surface area (Å²) in [6.07, 6.45) is 1.39. The van der Waals surface area contributed by atoms with E-state index < -0.39 is 4.92 Å². The number of anilines is 1. The van der Waals surface area contributed by atoms with E-state index in [1.165, 1.54) is 6.07 Å². The lowest BCUT2D eigenvalue weighted by atomic mass is 10.1. The number of rotatable bonds is 6. The number of nitro groups is 1. The number of amides is 2. The second kappa shape index (κ2) is 7.77. The molecule has 2 aromatic rings. The van der Waals surface area contributed by atoms with Gasteiger partial charge in [0, 0.05) is 36.8 Å². The number of nitrogens with one attached hydrogen (secondary N) is 1. The Bertz CT molecular complexity index is 850. The monoisotopic (exact) mass is 353 g/mol. The Balaban J connectivity index is 1.65. The Kier molecular flexibility index (Phi) is 5.26. The van der Waals surface area contributed by atoms with Crippen LogP contribution >= 0.6 is 0 Å². The van der Waals surface area contributed by atoms with E-state index in [2.05, 4.69) is 5.32 Å². The maximum absolute atomic E-state index is 12.3. The average molecular weight is 353 g/mol. The molecular weight excluding hydrogens is 334 g/mol. The summed E-state index contributed by atoms with van der Waals surface area (Å²) in [7, 11) is 0. The van der Waals surface area contributed by atoms with Gasteiger partial charge >= 0.3 is 0 Å². The van der Waals surface area contributed by atoms with E-state index in [1.54, 1.807) is 29.2 Å². The molecule has 1 heterocycles. The second-order valence-corrected chi connectivity index (χ2v) is 6.23. The number of hydrogen-bond acceptors (Lipinski definition) is 4. The van der Waals surface area contributed by atoms with Gasteiger partial charge in [-0.05, 0) is 24.1 Å². The molecule has 2 amide bonds. The van der Waals surface area contributed by atoms with E-state index in [-0.39, 0.29) is 23.9 Å². The van der Waals surface area contributed by atoms with Gasteiger partial charge in [0.05, 0.1) is 11.3 Å². The van der Waals surface area contributed by atoms with Gasteiger partial charge in [-0.2, -0.15) is 0 Å². The van der Waals surface area contributed by atoms with Gasteiger partial charge in [0.25, 0.3) is 5.69 Å². The highest BCUT2D eigenvalue weighted by Crippen LogP contribution is 2.20. The first-order chi connectivity index (χ1) is 12.5. The first-order valence-corrected chi connectivity index (χ1v) is 8.42. The summed E-state index contributed by atoms with van der Waals surface area (Å²) >= 11 is 0. The van der Waals surface area contributed by atoms with Crippen LogP contribution in [-0.4, -0.2) is 28.2 Å². The quantitative estimate of drug-likeness (QED) is 0.638. The van der Waals surface area contributed by atoms with Crippen LogP contribution in [0.1, 0.15) is 24.0 Å². The molecule has 7 nitrogen and oxygen atoms in total. The van der Waals surface area contributed by atoms with Crippen LogP contribution in [0.15, 0.2) is 48.5 Å². The molecule has 1 aliphatic heterocycles. The Morgan fingerprint density at radius 2 is 2.00 bits per heavy atom. The molecule has 1 N–H and O–H groups in total. The summed E-state index contributed by atoms with van der Waals surface area (Å²) < 4.78 is 0. The van der Waals surface area contributed by atoms with Crippen molar-refractivity contribution in [2.75, 3.05) is 11.9 Å². The summed E-state index contributed by atoms with van der Waals surface area (Å²) in [5.41, 5.74) is 1.85. The largest absolute Gasteiger partial charge is 0.338 e. The molecule has 1 aliphatic rings. The van der Waals surface area contributed by atoms with Crippen molar-refractivity contribution < 1.29 is 14.5 Å². The molecule has 0 spiro atoms. The lowest BCUT2D eigenvalue weighted by molar-refractivity contribution is -0.385. The van der Waals surface area contributed by atoms with Gasteiger partial charge < -0.3 is 10.2 Å². The van der Waals surface area contributed by atoms with Crippen LogP contribution in [0, 0.1) is 10.1 Å². The Morgan fingerprint density at radius 1 is 1.19 bits per heavy atom. The van der Waals surface area contributed by atoms with Crippen molar-refractivity contribution in [3.63, 3.8) is 0 Å². The van der Waals surface area contributed by atoms with Crippen LogP contribution < -0.4 is 5.32 Å². The minimum absolute atomic E-state index is 0.0658. The molecule has 1 fully saturated rings. The van der Waals surface area contributed by atoms with E-state index in [1.807, 2.05) is 18.2 Å². The summed E-state index contributed by atoms with van der Waals surface area (Å²) in [4.78, 5) is 36.3. The van der Waals surface area contributed by atoms with Crippen LogP contribution in [0.3, 0.4) is 0 Å². The summed E-state index contributed by atoms with van der Waals surface area (Å²) in [6, 6.07) is 13.5. The van der Waals surface area contributed by atoms with Crippen molar-refractivity contribution in [3.05, 3.63) is 69.8 Å². The predicted molar refractivity (Wildman–Crippen MR) is 96.5 cm³/mol. The zero-order valence-corrected chi connectivity index (χ0v) is 14.2. The fourth-order valence-corrected chi connectivity index (χ4v) is 3.06. The van der Waals surface area contributed by atoms with Crippen LogP contribution in [0.5, 0.6) is 0 Å². The Labute approximate surface area is 150 Å². The van der Waals surface area contributed by atoms with Crippen LogP contribution in [0.2, 0.25) is 0 Å². The molecule has 0 bridgehead atoms. The first-order valence-electron chi connectivity index (χ1n) is 8.42.